The minimum Gasteiger partial charge on any atom is -0.490 e. The van der Waals surface area contributed by atoms with Crippen LogP contribution < -0.4 is 16.2 Å². The maximum absolute atomic E-state index is 13.3. The van der Waals surface area contributed by atoms with Crippen LogP contribution in [0.5, 0.6) is 5.75 Å². The van der Waals surface area contributed by atoms with Crippen molar-refractivity contribution in [3.63, 3.8) is 0 Å². The van der Waals surface area contributed by atoms with Gasteiger partial charge < -0.3 is 30.4 Å². The lowest BCUT2D eigenvalue weighted by Gasteiger charge is -2.33. The first kappa shape index (κ1) is 26.2. The van der Waals surface area contributed by atoms with Crippen molar-refractivity contribution in [2.75, 3.05) is 26.8 Å². The van der Waals surface area contributed by atoms with Crippen LogP contribution in [0.4, 0.5) is 0 Å². The second-order valence-corrected chi connectivity index (χ2v) is 10.5. The summed E-state index contributed by atoms with van der Waals surface area (Å²) in [6, 6.07) is 13.1. The number of carbonyl (C=O) groups is 2. The number of para-hydroxylation sites is 2. The van der Waals surface area contributed by atoms with E-state index in [4.69, 9.17) is 25.9 Å². The Kier molecular flexibility index (Phi) is 7.95. The molecule has 0 bridgehead atoms. The molecule has 4 N–H and O–H groups in total. The molecule has 0 radical (unpaired) electrons. The van der Waals surface area contributed by atoms with E-state index in [1.807, 2.05) is 17.0 Å². The third-order valence-electron chi connectivity index (χ3n) is 7.64. The second-order valence-electron chi connectivity index (χ2n) is 10.5. The van der Waals surface area contributed by atoms with Crippen molar-refractivity contribution in [2.24, 2.45) is 11.5 Å². The van der Waals surface area contributed by atoms with Gasteiger partial charge in [0.1, 0.15) is 17.7 Å². The monoisotopic (exact) mass is 519 g/mol. The van der Waals surface area contributed by atoms with Crippen molar-refractivity contribution >= 4 is 22.8 Å². The number of hydrogen-bond acceptors (Lipinski definition) is 6. The quantitative estimate of drug-likeness (QED) is 0.397. The second kappa shape index (κ2) is 11.5. The average Bonchev–Trinajstić information content (AvgIpc) is 3.49. The van der Waals surface area contributed by atoms with Crippen LogP contribution in [0.25, 0.3) is 11.0 Å². The molecule has 0 spiro atoms. The third kappa shape index (κ3) is 5.68. The van der Waals surface area contributed by atoms with Crippen LogP contribution in [-0.2, 0) is 22.5 Å². The van der Waals surface area contributed by atoms with E-state index in [-0.39, 0.29) is 30.4 Å². The molecule has 2 aliphatic rings. The van der Waals surface area contributed by atoms with Crippen LogP contribution in [0, 0.1) is 0 Å². The zero-order valence-corrected chi connectivity index (χ0v) is 22.0. The van der Waals surface area contributed by atoms with Crippen molar-refractivity contribution in [3.8, 4) is 5.75 Å². The number of nitrogens with two attached hydrogens (primary N) is 2. The molecular weight excluding hydrogens is 482 g/mol. The highest BCUT2D eigenvalue weighted by Gasteiger charge is 2.31. The number of likely N-dealkylation sites (tertiary alicyclic amines) is 1. The normalized spacial score (nSPS) is 19.8. The van der Waals surface area contributed by atoms with Gasteiger partial charge in [0, 0.05) is 70.1 Å². The van der Waals surface area contributed by atoms with Crippen LogP contribution in [0.3, 0.4) is 0 Å². The summed E-state index contributed by atoms with van der Waals surface area (Å²) < 4.78 is 13.6. The van der Waals surface area contributed by atoms with E-state index >= 15 is 0 Å². The molecule has 3 heterocycles. The number of ether oxygens (including phenoxy) is 2. The Balaban J connectivity index is 1.20. The van der Waals surface area contributed by atoms with E-state index in [0.717, 1.165) is 60.5 Å². The van der Waals surface area contributed by atoms with Gasteiger partial charge in [-0.15, -0.1) is 0 Å². The predicted molar refractivity (Wildman–Crippen MR) is 145 cm³/mol. The van der Waals surface area contributed by atoms with Crippen molar-refractivity contribution in [3.05, 3.63) is 59.4 Å². The fourth-order valence-electron chi connectivity index (χ4n) is 5.80. The molecule has 202 valence electrons. The largest absolute Gasteiger partial charge is 0.490 e. The van der Waals surface area contributed by atoms with Crippen LogP contribution >= 0.6 is 0 Å². The number of aryl methyl sites for hydroxylation is 1. The summed E-state index contributed by atoms with van der Waals surface area (Å²) in [4.78, 5) is 31.7. The van der Waals surface area contributed by atoms with Crippen LogP contribution in [0.1, 0.15) is 59.8 Å². The minimum absolute atomic E-state index is 0.0794. The minimum atomic E-state index is -0.455. The highest BCUT2D eigenvalue weighted by Crippen LogP contribution is 2.32. The lowest BCUT2D eigenvalue weighted by Crippen LogP contribution is -2.42. The molecule has 3 aromatic rings. The van der Waals surface area contributed by atoms with Gasteiger partial charge in [-0.3, -0.25) is 9.59 Å². The predicted octanol–water partition coefficient (Wildman–Crippen LogP) is 2.99. The molecule has 1 unspecified atom stereocenters. The lowest BCUT2D eigenvalue weighted by atomic mass is 9.95. The van der Waals surface area contributed by atoms with Gasteiger partial charge in [0.15, 0.2) is 0 Å². The summed E-state index contributed by atoms with van der Waals surface area (Å²) in [6.45, 7) is 2.93. The summed E-state index contributed by atoms with van der Waals surface area (Å²) >= 11 is 0. The van der Waals surface area contributed by atoms with Gasteiger partial charge in [0.2, 0.25) is 11.8 Å². The molecule has 3 atom stereocenters. The standard InChI is InChI=1S/C29H37N5O4/c1-37-13-5-12-34-25-8-3-2-7-24(25)32-29(34)20-6-4-11-33(18-20)27(35)17-22(30)16-23-15-21-14-19(28(31)36)9-10-26(21)38-23/h2-3,7-10,14,20,22-23H,4-6,11-13,15-18,30H2,1H3,(H2,31,36)/t20-,22+,23?/m1/s1. The number of imidazole rings is 1. The van der Waals surface area contributed by atoms with Crippen LogP contribution in [-0.4, -0.2) is 65.2 Å². The number of nitrogens with zero attached hydrogens (tertiary/aromatic N) is 3. The number of amides is 2. The maximum Gasteiger partial charge on any atom is 0.248 e. The summed E-state index contributed by atoms with van der Waals surface area (Å²) in [7, 11) is 1.72. The lowest BCUT2D eigenvalue weighted by molar-refractivity contribution is -0.132. The van der Waals surface area contributed by atoms with Crippen LogP contribution in [0.15, 0.2) is 42.5 Å². The van der Waals surface area contributed by atoms with Gasteiger partial charge in [0.25, 0.3) is 0 Å². The molecule has 1 aromatic heterocycles. The van der Waals surface area contributed by atoms with Gasteiger partial charge in [0.05, 0.1) is 11.0 Å². The molecule has 2 amide bonds. The Morgan fingerprint density at radius 3 is 2.89 bits per heavy atom. The summed E-state index contributed by atoms with van der Waals surface area (Å²) in [5.41, 5.74) is 15.4. The SMILES string of the molecule is COCCCn1c([C@@H]2CCCN(C(=O)C[C@@H](N)CC3Cc4cc(C(N)=O)ccc4O3)C2)nc2ccccc21. The molecule has 38 heavy (non-hydrogen) atoms. The molecule has 5 rings (SSSR count). The Hall–Kier alpha value is -3.43. The number of hydrogen-bond donors (Lipinski definition) is 2. The zero-order valence-electron chi connectivity index (χ0n) is 22.0. The fraction of sp³-hybridized carbons (Fsp3) is 0.483. The summed E-state index contributed by atoms with van der Waals surface area (Å²) in [5.74, 6) is 1.62. The number of primary amides is 1. The molecule has 9 heteroatoms. The topological polar surface area (TPSA) is 126 Å². The Labute approximate surface area is 223 Å². The first-order chi connectivity index (χ1) is 18.4. The molecule has 1 saturated heterocycles. The van der Waals surface area contributed by atoms with Crippen molar-refractivity contribution in [1.29, 1.82) is 0 Å². The molecule has 2 aliphatic heterocycles. The number of carbonyl (C=O) groups excluding carboxylic acids is 2. The number of methoxy groups -OCH3 is 1. The van der Waals surface area contributed by atoms with Crippen LogP contribution in [0.2, 0.25) is 0 Å². The fourth-order valence-corrected chi connectivity index (χ4v) is 5.80. The van der Waals surface area contributed by atoms with Gasteiger partial charge in [-0.2, -0.15) is 0 Å². The molecular formula is C29H37N5O4. The van der Waals surface area contributed by atoms with E-state index in [1.54, 1.807) is 25.3 Å². The number of fused-ring (bicyclic) bond motifs is 2. The third-order valence-corrected chi connectivity index (χ3v) is 7.64. The Morgan fingerprint density at radius 2 is 2.08 bits per heavy atom. The summed E-state index contributed by atoms with van der Waals surface area (Å²) in [6.07, 6.45) is 4.24. The van der Waals surface area contributed by atoms with Gasteiger partial charge in [-0.25, -0.2) is 4.98 Å². The van der Waals surface area contributed by atoms with Gasteiger partial charge >= 0.3 is 0 Å². The number of benzene rings is 2. The highest BCUT2D eigenvalue weighted by atomic mass is 16.5. The van der Waals surface area contributed by atoms with Crippen molar-refractivity contribution in [2.45, 2.75) is 63.1 Å². The number of aromatic nitrogens is 2. The van der Waals surface area contributed by atoms with E-state index in [1.165, 1.54) is 0 Å². The Morgan fingerprint density at radius 1 is 1.24 bits per heavy atom. The average molecular weight is 520 g/mol. The maximum atomic E-state index is 13.3. The highest BCUT2D eigenvalue weighted by molar-refractivity contribution is 5.93. The zero-order chi connectivity index (χ0) is 26.6. The van der Waals surface area contributed by atoms with Gasteiger partial charge in [-0.05, 0) is 55.2 Å². The Bertz CT molecular complexity index is 1310. The van der Waals surface area contributed by atoms with Crippen molar-refractivity contribution in [1.82, 2.24) is 14.5 Å². The van der Waals surface area contributed by atoms with Gasteiger partial charge in [-0.1, -0.05) is 12.1 Å². The van der Waals surface area contributed by atoms with Crippen molar-refractivity contribution < 1.29 is 19.1 Å². The summed E-state index contributed by atoms with van der Waals surface area (Å²) in [5, 5.41) is 0. The van der Waals surface area contributed by atoms with E-state index in [9.17, 15) is 9.59 Å². The van der Waals surface area contributed by atoms with E-state index in [0.29, 0.717) is 31.6 Å². The molecule has 0 aliphatic carbocycles. The molecule has 9 nitrogen and oxygen atoms in total. The van der Waals surface area contributed by atoms with E-state index in [2.05, 4.69) is 16.7 Å². The number of piperidine rings is 1. The first-order valence-corrected chi connectivity index (χ1v) is 13.5. The molecule has 0 saturated carbocycles. The molecule has 1 fully saturated rings. The van der Waals surface area contributed by atoms with E-state index < -0.39 is 5.91 Å². The first-order valence-electron chi connectivity index (χ1n) is 13.5. The number of rotatable bonds is 10. The smallest absolute Gasteiger partial charge is 0.248 e. The molecule has 2 aromatic carbocycles.